The molecule has 0 saturated heterocycles. The lowest BCUT2D eigenvalue weighted by molar-refractivity contribution is -0.144. The summed E-state index contributed by atoms with van der Waals surface area (Å²) in [7, 11) is 4.02. The number of rotatable bonds is 6. The number of carbonyl (C=O) groups is 2. The minimum absolute atomic E-state index is 0.0631. The van der Waals surface area contributed by atoms with Crippen molar-refractivity contribution in [3.05, 3.63) is 75.5 Å². The molecule has 35 heavy (non-hydrogen) atoms. The summed E-state index contributed by atoms with van der Waals surface area (Å²) >= 11 is 12.7. The van der Waals surface area contributed by atoms with Crippen LogP contribution < -0.4 is 5.73 Å². The van der Waals surface area contributed by atoms with E-state index in [1.165, 1.54) is 0 Å². The second-order valence-corrected chi connectivity index (χ2v) is 9.91. The number of primary amides is 1. The van der Waals surface area contributed by atoms with Crippen molar-refractivity contribution in [2.45, 2.75) is 43.7 Å². The zero-order chi connectivity index (χ0) is 25.4. The van der Waals surface area contributed by atoms with Crippen LogP contribution in [-0.4, -0.2) is 41.6 Å². The van der Waals surface area contributed by atoms with Gasteiger partial charge in [0.25, 0.3) is 5.91 Å². The van der Waals surface area contributed by atoms with Crippen molar-refractivity contribution < 1.29 is 18.8 Å². The summed E-state index contributed by atoms with van der Waals surface area (Å²) < 4.78 is 11.2. The molecule has 1 amide bonds. The predicted octanol–water partition coefficient (Wildman–Crippen LogP) is 5.37. The highest BCUT2D eigenvalue weighted by molar-refractivity contribution is 6.39. The molecule has 1 saturated carbocycles. The van der Waals surface area contributed by atoms with Gasteiger partial charge in [-0.05, 0) is 64.4 Å². The largest absolute Gasteiger partial charge is 0.445 e. The van der Waals surface area contributed by atoms with Crippen molar-refractivity contribution in [3.8, 4) is 11.3 Å². The van der Waals surface area contributed by atoms with Crippen LogP contribution in [0.15, 0.2) is 53.1 Å². The highest BCUT2D eigenvalue weighted by Crippen LogP contribution is 2.46. The van der Waals surface area contributed by atoms with E-state index in [-0.39, 0.29) is 35.4 Å². The van der Waals surface area contributed by atoms with Gasteiger partial charge in [-0.15, -0.1) is 0 Å². The standard InChI is InChI=1S/C26H27Cl2N3O4/c1-16-20(22(30-35-16)21-18(27)10-7-11-19(21)28)23(32)34-26(24(29)33)14-12-25(13-15-26,31(2)3)17-8-5-4-6-9-17/h4-11H,12-15H2,1-3H3,(H2,29,33). The summed E-state index contributed by atoms with van der Waals surface area (Å²) in [6, 6.07) is 15.1. The molecule has 0 atom stereocenters. The molecule has 184 valence electrons. The number of carbonyl (C=O) groups excluding carboxylic acids is 2. The van der Waals surface area contributed by atoms with Gasteiger partial charge in [0.15, 0.2) is 5.60 Å². The lowest BCUT2D eigenvalue weighted by Gasteiger charge is -2.48. The maximum atomic E-state index is 13.5. The lowest BCUT2D eigenvalue weighted by atomic mass is 9.69. The molecule has 0 bridgehead atoms. The van der Waals surface area contributed by atoms with Gasteiger partial charge < -0.3 is 15.0 Å². The Balaban J connectivity index is 1.66. The van der Waals surface area contributed by atoms with Crippen molar-refractivity contribution in [2.75, 3.05) is 14.1 Å². The molecule has 1 aromatic heterocycles. The highest BCUT2D eigenvalue weighted by Gasteiger charge is 2.51. The summed E-state index contributed by atoms with van der Waals surface area (Å²) in [6.07, 6.45) is 1.69. The fraction of sp³-hybridized carbons (Fsp3) is 0.346. The molecule has 1 aliphatic carbocycles. The number of amides is 1. The number of hydrogen-bond acceptors (Lipinski definition) is 6. The summed E-state index contributed by atoms with van der Waals surface area (Å²) in [4.78, 5) is 28.3. The smallest absolute Gasteiger partial charge is 0.345 e. The summed E-state index contributed by atoms with van der Waals surface area (Å²) in [6.45, 7) is 1.59. The second-order valence-electron chi connectivity index (χ2n) is 9.10. The number of esters is 1. The van der Waals surface area contributed by atoms with Crippen molar-refractivity contribution in [3.63, 3.8) is 0 Å². The molecule has 1 aliphatic rings. The zero-order valence-electron chi connectivity index (χ0n) is 19.8. The van der Waals surface area contributed by atoms with Crippen LogP contribution in [0.3, 0.4) is 0 Å². The Morgan fingerprint density at radius 3 is 2.14 bits per heavy atom. The van der Waals surface area contributed by atoms with E-state index in [0.717, 1.165) is 5.56 Å². The van der Waals surface area contributed by atoms with Crippen molar-refractivity contribution in [1.29, 1.82) is 0 Å². The minimum Gasteiger partial charge on any atom is -0.445 e. The Morgan fingerprint density at radius 1 is 1.00 bits per heavy atom. The molecule has 7 nitrogen and oxygen atoms in total. The van der Waals surface area contributed by atoms with Crippen LogP contribution in [0.4, 0.5) is 0 Å². The van der Waals surface area contributed by atoms with Crippen LogP contribution in [-0.2, 0) is 15.1 Å². The molecule has 3 aromatic rings. The first-order valence-electron chi connectivity index (χ1n) is 11.3. The van der Waals surface area contributed by atoms with E-state index in [1.807, 2.05) is 32.3 Å². The Labute approximate surface area is 214 Å². The van der Waals surface area contributed by atoms with E-state index in [1.54, 1.807) is 25.1 Å². The number of aryl methyl sites for hydroxylation is 1. The average molecular weight is 516 g/mol. The van der Waals surface area contributed by atoms with Gasteiger partial charge in [0.1, 0.15) is 17.0 Å². The fourth-order valence-corrected chi connectivity index (χ4v) is 5.52. The van der Waals surface area contributed by atoms with Gasteiger partial charge in [-0.1, -0.05) is 64.8 Å². The first-order chi connectivity index (χ1) is 16.6. The third-order valence-corrected chi connectivity index (χ3v) is 7.69. The first kappa shape index (κ1) is 25.2. The summed E-state index contributed by atoms with van der Waals surface area (Å²) in [5.74, 6) is -1.22. The molecule has 2 aromatic carbocycles. The molecule has 4 rings (SSSR count). The topological polar surface area (TPSA) is 98.7 Å². The number of aromatic nitrogens is 1. The third kappa shape index (κ3) is 4.44. The molecular weight excluding hydrogens is 489 g/mol. The van der Waals surface area contributed by atoms with Gasteiger partial charge in [0, 0.05) is 11.1 Å². The number of benzene rings is 2. The van der Waals surface area contributed by atoms with Gasteiger partial charge in [-0.25, -0.2) is 4.79 Å². The van der Waals surface area contributed by atoms with Crippen LogP contribution in [0.5, 0.6) is 0 Å². The molecule has 0 radical (unpaired) electrons. The average Bonchev–Trinajstić information content (AvgIpc) is 3.20. The van der Waals surface area contributed by atoms with Crippen LogP contribution in [0, 0.1) is 6.92 Å². The van der Waals surface area contributed by atoms with Gasteiger partial charge in [-0.2, -0.15) is 0 Å². The maximum Gasteiger partial charge on any atom is 0.345 e. The third-order valence-electron chi connectivity index (χ3n) is 7.06. The van der Waals surface area contributed by atoms with Crippen LogP contribution in [0.1, 0.15) is 47.4 Å². The molecule has 1 heterocycles. The number of nitrogens with zero attached hydrogens (tertiary/aromatic N) is 2. The van der Waals surface area contributed by atoms with E-state index in [0.29, 0.717) is 28.5 Å². The highest BCUT2D eigenvalue weighted by atomic mass is 35.5. The molecule has 0 unspecified atom stereocenters. The quantitative estimate of drug-likeness (QED) is 0.443. The Kier molecular flexibility index (Phi) is 6.95. The SMILES string of the molecule is Cc1onc(-c2c(Cl)cccc2Cl)c1C(=O)OC1(C(N)=O)CCC(c2ccccc2)(N(C)C)CC1. The number of nitrogens with two attached hydrogens (primary N) is 1. The monoisotopic (exact) mass is 515 g/mol. The van der Waals surface area contributed by atoms with Crippen LogP contribution >= 0.6 is 23.2 Å². The van der Waals surface area contributed by atoms with Crippen molar-refractivity contribution in [2.24, 2.45) is 5.73 Å². The van der Waals surface area contributed by atoms with Crippen LogP contribution in [0.2, 0.25) is 10.0 Å². The zero-order valence-corrected chi connectivity index (χ0v) is 21.3. The summed E-state index contributed by atoms with van der Waals surface area (Å²) in [5.41, 5.74) is 5.77. The number of hydrogen-bond donors (Lipinski definition) is 1. The Hall–Kier alpha value is -2.87. The van der Waals surface area contributed by atoms with Gasteiger partial charge in [0.2, 0.25) is 0 Å². The maximum absolute atomic E-state index is 13.5. The minimum atomic E-state index is -1.46. The van der Waals surface area contributed by atoms with Gasteiger partial charge in [0.05, 0.1) is 10.0 Å². The van der Waals surface area contributed by atoms with Gasteiger partial charge in [-0.3, -0.25) is 9.69 Å². The van der Waals surface area contributed by atoms with E-state index >= 15 is 0 Å². The Bertz CT molecular complexity index is 1230. The number of halogens is 2. The Morgan fingerprint density at radius 2 is 1.60 bits per heavy atom. The summed E-state index contributed by atoms with van der Waals surface area (Å²) in [5, 5.41) is 4.62. The normalized spacial score (nSPS) is 22.2. The fourth-order valence-electron chi connectivity index (χ4n) is 4.94. The molecular formula is C26H27Cl2N3O4. The van der Waals surface area contributed by atoms with E-state index in [4.69, 9.17) is 38.2 Å². The molecule has 2 N–H and O–H groups in total. The number of ether oxygens (including phenoxy) is 1. The first-order valence-corrected chi connectivity index (χ1v) is 12.0. The van der Waals surface area contributed by atoms with E-state index in [2.05, 4.69) is 22.2 Å². The van der Waals surface area contributed by atoms with Crippen LogP contribution in [0.25, 0.3) is 11.3 Å². The van der Waals surface area contributed by atoms with E-state index < -0.39 is 17.5 Å². The molecule has 1 fully saturated rings. The molecule has 9 heteroatoms. The predicted molar refractivity (Wildman–Crippen MR) is 134 cm³/mol. The lowest BCUT2D eigenvalue weighted by Crippen LogP contribution is -2.55. The molecule has 0 aliphatic heterocycles. The van der Waals surface area contributed by atoms with Gasteiger partial charge >= 0.3 is 5.97 Å². The van der Waals surface area contributed by atoms with Crippen molar-refractivity contribution in [1.82, 2.24) is 10.1 Å². The van der Waals surface area contributed by atoms with Crippen molar-refractivity contribution >= 4 is 35.1 Å². The second kappa shape index (κ2) is 9.64. The molecule has 0 spiro atoms. The van der Waals surface area contributed by atoms with E-state index in [9.17, 15) is 9.59 Å².